The zero-order chi connectivity index (χ0) is 51.5. The number of phenols is 1. The van der Waals surface area contributed by atoms with E-state index in [2.05, 4.69) is 203 Å². The Morgan fingerprint density at radius 3 is 1.72 bits per heavy atom. The van der Waals surface area contributed by atoms with Crippen molar-refractivity contribution in [3.8, 4) is 89.7 Å². The fourth-order valence-corrected chi connectivity index (χ4v) is 9.51. The van der Waals surface area contributed by atoms with Crippen LogP contribution >= 0.6 is 0 Å². The molecule has 0 fully saturated rings. The smallest absolute Gasteiger partial charge is 0.148 e. The van der Waals surface area contributed by atoms with Gasteiger partial charge < -0.3 is 5.11 Å². The van der Waals surface area contributed by atoms with Crippen molar-refractivity contribution in [2.24, 2.45) is 5.41 Å². The summed E-state index contributed by atoms with van der Waals surface area (Å²) in [5, 5.41) is 12.5. The van der Waals surface area contributed by atoms with Crippen LogP contribution in [0.15, 0.2) is 194 Å². The average Bonchev–Trinajstić information content (AvgIpc) is 3.77. The Morgan fingerprint density at radius 2 is 1.11 bits per heavy atom. The molecule has 10 rings (SSSR count). The van der Waals surface area contributed by atoms with Crippen molar-refractivity contribution in [2.45, 2.75) is 79.5 Å². The van der Waals surface area contributed by atoms with Gasteiger partial charge in [-0.05, 0) is 103 Å². The number of fused-ring (bicyclic) bond motifs is 1. The zero-order valence-corrected chi connectivity index (χ0v) is 44.9. The summed E-state index contributed by atoms with van der Waals surface area (Å²) in [7, 11) is 0. The number of para-hydroxylation sites is 1. The number of nitrogens with zero attached hydrogens (tertiary/aromatic N) is 3. The normalized spacial score (nSPS) is 12.6. The number of benzene rings is 8. The van der Waals surface area contributed by atoms with E-state index in [4.69, 9.17) is 9.97 Å². The molecule has 0 radical (unpaired) electrons. The second kappa shape index (κ2) is 20.2. The molecular formula is C67H62N3OPt-. The molecule has 0 saturated heterocycles. The third-order valence-electron chi connectivity index (χ3n) is 14.7. The molecule has 2 aromatic heterocycles. The van der Waals surface area contributed by atoms with Gasteiger partial charge in [-0.1, -0.05) is 225 Å². The first-order valence-corrected chi connectivity index (χ1v) is 24.6. The van der Waals surface area contributed by atoms with Crippen molar-refractivity contribution in [3.63, 3.8) is 0 Å². The molecule has 2 heterocycles. The Balaban J connectivity index is 0.00000672. The second-order valence-electron chi connectivity index (χ2n) is 20.8. The first-order chi connectivity index (χ1) is 34.8. The number of hydrogen-bond acceptors (Lipinski definition) is 3. The van der Waals surface area contributed by atoms with Crippen molar-refractivity contribution in [2.75, 3.05) is 0 Å². The van der Waals surface area contributed by atoms with Crippen LogP contribution in [0.25, 0.3) is 95.0 Å². The van der Waals surface area contributed by atoms with Crippen LogP contribution in [0.1, 0.15) is 93.5 Å². The molecule has 0 aliphatic carbocycles. The van der Waals surface area contributed by atoms with E-state index in [-0.39, 0.29) is 37.6 Å². The van der Waals surface area contributed by atoms with E-state index in [0.717, 1.165) is 72.5 Å². The number of hydrogen-bond donors (Lipinski definition) is 1. The van der Waals surface area contributed by atoms with Gasteiger partial charge in [0.25, 0.3) is 0 Å². The van der Waals surface area contributed by atoms with Crippen LogP contribution in [0.4, 0.5) is 0 Å². The Bertz CT molecular complexity index is 3640. The van der Waals surface area contributed by atoms with Crippen LogP contribution in [-0.2, 0) is 26.5 Å². The summed E-state index contributed by atoms with van der Waals surface area (Å²) < 4.78 is 20.7. The molecule has 0 amide bonds. The Hall–Kier alpha value is -7.13. The number of pyridine rings is 1. The number of rotatable bonds is 11. The largest absolute Gasteiger partial charge is 0.507 e. The maximum Gasteiger partial charge on any atom is 0.148 e. The Labute approximate surface area is 443 Å². The van der Waals surface area contributed by atoms with E-state index in [1.54, 1.807) is 13.8 Å². The van der Waals surface area contributed by atoms with Gasteiger partial charge in [0.1, 0.15) is 11.6 Å². The molecular weight excluding hydrogens is 1060 g/mol. The molecule has 1 N–H and O–H groups in total. The van der Waals surface area contributed by atoms with Crippen LogP contribution in [0.2, 0.25) is 0 Å². The minimum absolute atomic E-state index is 0. The van der Waals surface area contributed by atoms with Crippen molar-refractivity contribution in [3.05, 3.63) is 217 Å². The van der Waals surface area contributed by atoms with Gasteiger partial charge in [0.15, 0.2) is 0 Å². The Morgan fingerprint density at radius 1 is 0.528 bits per heavy atom. The summed E-state index contributed by atoms with van der Waals surface area (Å²) in [6, 6.07) is 69.0. The standard InChI is InChI=1S/C67H62N3O.Pt/c1-43(2)51-39-57(44(3)4)64(71)59(40-51)65-69-63-56(26-19-27-62(63)70(65)61-33-32-55(67(8,9)66(5,6)7)42-58(61)49-24-17-12-18-25-49)53-36-52(46-22-15-11-16-23-46)37-54(38-53)60-41-50(34-35-68-60)48-30-28-47(29-31-48)45-20-13-10-14-21-45;/h10-37,39-44,71H,1-9H3;/q-1;/i43D,44D;. The molecule has 0 bridgehead atoms. The minimum atomic E-state index is -1.18. The van der Waals surface area contributed by atoms with Gasteiger partial charge in [0.05, 0.1) is 22.3 Å². The maximum atomic E-state index is 12.5. The van der Waals surface area contributed by atoms with E-state index >= 15 is 0 Å². The maximum absolute atomic E-state index is 12.5. The number of aromatic hydroxyl groups is 1. The van der Waals surface area contributed by atoms with Crippen molar-refractivity contribution in [1.29, 1.82) is 0 Å². The third-order valence-corrected chi connectivity index (χ3v) is 14.7. The predicted molar refractivity (Wildman–Crippen MR) is 298 cm³/mol. The SMILES string of the molecule is [2H]C(C)(C)c1cc(-c2nc3c(-c4[c-]c(-c5cc(-c6ccc(-c7ccccc7)cc6)ccn5)cc(-c5ccccc5)c4)cccc3n2-c2ccc(C(C)(C)C(C)(C)C)cc2-c2ccccc2)c(O)c(C([2H])(C)C)c1.[Pt]. The monoisotopic (exact) mass is 1120 g/mol. The molecule has 362 valence electrons. The number of imidazole rings is 1. The molecule has 0 aliphatic heterocycles. The molecule has 0 atom stereocenters. The molecule has 72 heavy (non-hydrogen) atoms. The van der Waals surface area contributed by atoms with E-state index in [1.165, 1.54) is 11.1 Å². The predicted octanol–water partition coefficient (Wildman–Crippen LogP) is 18.2. The van der Waals surface area contributed by atoms with Gasteiger partial charge in [0, 0.05) is 41.3 Å². The van der Waals surface area contributed by atoms with Gasteiger partial charge in [0.2, 0.25) is 0 Å². The third kappa shape index (κ3) is 9.53. The van der Waals surface area contributed by atoms with Gasteiger partial charge in [-0.15, -0.1) is 23.8 Å². The van der Waals surface area contributed by atoms with Gasteiger partial charge in [-0.25, -0.2) is 4.98 Å². The van der Waals surface area contributed by atoms with Gasteiger partial charge >= 0.3 is 0 Å². The average molecular weight is 1120 g/mol. The van der Waals surface area contributed by atoms with Crippen LogP contribution in [-0.4, -0.2) is 19.6 Å². The fraction of sp³-hybridized carbons (Fsp3) is 0.194. The first kappa shape index (κ1) is 47.2. The molecule has 4 nitrogen and oxygen atoms in total. The van der Waals surface area contributed by atoms with E-state index in [1.807, 2.05) is 50.4 Å². The van der Waals surface area contributed by atoms with Crippen LogP contribution in [0, 0.1) is 11.5 Å². The fourth-order valence-electron chi connectivity index (χ4n) is 9.51. The summed E-state index contributed by atoms with van der Waals surface area (Å²) in [4.78, 5) is 10.6. The van der Waals surface area contributed by atoms with E-state index < -0.39 is 11.8 Å². The summed E-state index contributed by atoms with van der Waals surface area (Å²) in [5.41, 5.74) is 16.9. The summed E-state index contributed by atoms with van der Waals surface area (Å²) >= 11 is 0. The molecule has 0 aliphatic rings. The van der Waals surface area contributed by atoms with Crippen molar-refractivity contribution < 1.29 is 28.9 Å². The summed E-state index contributed by atoms with van der Waals surface area (Å²) in [6.07, 6.45) is 1.87. The second-order valence-corrected chi connectivity index (χ2v) is 20.8. The summed E-state index contributed by atoms with van der Waals surface area (Å²) in [5.74, 6) is -1.75. The molecule has 10 aromatic rings. The Kier molecular flexibility index (Phi) is 13.2. The van der Waals surface area contributed by atoms with E-state index in [0.29, 0.717) is 28.0 Å². The molecule has 0 spiro atoms. The topological polar surface area (TPSA) is 50.9 Å². The van der Waals surface area contributed by atoms with Crippen molar-refractivity contribution in [1.82, 2.24) is 14.5 Å². The summed E-state index contributed by atoms with van der Waals surface area (Å²) in [6.45, 7) is 18.7. The quantitative estimate of drug-likeness (QED) is 0.131. The van der Waals surface area contributed by atoms with Gasteiger partial charge in [-0.2, -0.15) is 0 Å². The molecule has 5 heteroatoms. The number of aromatic nitrogens is 3. The minimum Gasteiger partial charge on any atom is -0.507 e. The van der Waals surface area contributed by atoms with Gasteiger partial charge in [-0.3, -0.25) is 9.55 Å². The molecule has 8 aromatic carbocycles. The molecule has 0 unspecified atom stereocenters. The zero-order valence-electron chi connectivity index (χ0n) is 44.6. The van der Waals surface area contributed by atoms with Crippen LogP contribution < -0.4 is 0 Å². The van der Waals surface area contributed by atoms with Crippen LogP contribution in [0.3, 0.4) is 0 Å². The molecule has 0 saturated carbocycles. The van der Waals surface area contributed by atoms with Crippen LogP contribution in [0.5, 0.6) is 5.75 Å². The first-order valence-electron chi connectivity index (χ1n) is 25.6. The van der Waals surface area contributed by atoms with E-state index in [9.17, 15) is 7.85 Å². The van der Waals surface area contributed by atoms with Crippen molar-refractivity contribution >= 4 is 11.0 Å². The number of phenolic OH excluding ortho intramolecular Hbond substituents is 1.